The number of hydrogen-bond donors (Lipinski definition) is 0. The molecule has 0 saturated heterocycles. The summed E-state index contributed by atoms with van der Waals surface area (Å²) in [7, 11) is 0. The zero-order chi connectivity index (χ0) is 19.3. The van der Waals surface area contributed by atoms with Crippen molar-refractivity contribution in [3.8, 4) is 17.2 Å². The van der Waals surface area contributed by atoms with Crippen molar-refractivity contribution in [2.45, 2.75) is 20.8 Å². The van der Waals surface area contributed by atoms with Gasteiger partial charge in [-0.2, -0.15) is 0 Å². The van der Waals surface area contributed by atoms with Gasteiger partial charge >= 0.3 is 17.9 Å². The Kier molecular flexibility index (Phi) is 5.85. The molecule has 0 amide bonds. The topological polar surface area (TPSA) is 96.0 Å². The molecule has 0 atom stereocenters. The number of benzene rings is 2. The molecule has 0 aliphatic rings. The monoisotopic (exact) mass is 356 g/mol. The number of rotatable bonds is 5. The van der Waals surface area contributed by atoms with Crippen molar-refractivity contribution in [3.05, 3.63) is 53.6 Å². The number of hydrogen-bond acceptors (Lipinski definition) is 7. The average molecular weight is 356 g/mol. The number of ketones is 1. The highest BCUT2D eigenvalue weighted by Crippen LogP contribution is 2.36. The third kappa shape index (κ3) is 4.76. The predicted octanol–water partition coefficient (Wildman–Crippen LogP) is 2.69. The van der Waals surface area contributed by atoms with Crippen molar-refractivity contribution in [2.75, 3.05) is 0 Å². The molecule has 0 aliphatic heterocycles. The van der Waals surface area contributed by atoms with Gasteiger partial charge in [0, 0.05) is 32.4 Å². The SMILES string of the molecule is CC(=O)Oc1cc(OC(C)=O)c(C(=O)c2ccccc2)cc1OC(C)=O. The fourth-order valence-electron chi connectivity index (χ4n) is 2.17. The Labute approximate surface area is 149 Å². The quantitative estimate of drug-likeness (QED) is 0.462. The van der Waals surface area contributed by atoms with Crippen molar-refractivity contribution < 1.29 is 33.4 Å². The van der Waals surface area contributed by atoms with Crippen LogP contribution in [0.3, 0.4) is 0 Å². The number of ether oxygens (including phenoxy) is 3. The second kappa shape index (κ2) is 8.06. The zero-order valence-corrected chi connectivity index (χ0v) is 14.4. The maximum Gasteiger partial charge on any atom is 0.308 e. The van der Waals surface area contributed by atoms with E-state index in [1.54, 1.807) is 30.3 Å². The molecule has 0 bridgehead atoms. The fraction of sp³-hybridized carbons (Fsp3) is 0.158. The lowest BCUT2D eigenvalue weighted by Gasteiger charge is -2.14. The normalized spacial score (nSPS) is 9.96. The Balaban J connectivity index is 2.62. The van der Waals surface area contributed by atoms with E-state index >= 15 is 0 Å². The van der Waals surface area contributed by atoms with E-state index in [-0.39, 0.29) is 22.8 Å². The standard InChI is InChI=1S/C19H16O7/c1-11(20)24-16-10-18(26-13(3)22)17(25-12(2)21)9-15(16)19(23)14-7-5-4-6-8-14/h4-10H,1-3H3. The van der Waals surface area contributed by atoms with E-state index in [0.717, 1.165) is 19.9 Å². The second-order valence-corrected chi connectivity index (χ2v) is 5.27. The summed E-state index contributed by atoms with van der Waals surface area (Å²) >= 11 is 0. The zero-order valence-electron chi connectivity index (χ0n) is 14.4. The van der Waals surface area contributed by atoms with Crippen LogP contribution in [0.25, 0.3) is 0 Å². The first-order valence-electron chi connectivity index (χ1n) is 7.61. The Hall–Kier alpha value is -3.48. The van der Waals surface area contributed by atoms with Gasteiger partial charge in [0.25, 0.3) is 0 Å². The van der Waals surface area contributed by atoms with Gasteiger partial charge in [-0.25, -0.2) is 0 Å². The van der Waals surface area contributed by atoms with Crippen molar-refractivity contribution in [3.63, 3.8) is 0 Å². The van der Waals surface area contributed by atoms with Crippen molar-refractivity contribution in [1.29, 1.82) is 0 Å². The number of esters is 3. The van der Waals surface area contributed by atoms with E-state index in [1.165, 1.54) is 13.0 Å². The van der Waals surface area contributed by atoms with Gasteiger partial charge in [0.15, 0.2) is 17.3 Å². The summed E-state index contributed by atoms with van der Waals surface area (Å²) in [6, 6.07) is 10.6. The van der Waals surface area contributed by atoms with Gasteiger partial charge in [-0.3, -0.25) is 19.2 Å². The van der Waals surface area contributed by atoms with Crippen LogP contribution in [-0.2, 0) is 14.4 Å². The highest BCUT2D eigenvalue weighted by Gasteiger charge is 2.22. The first-order chi connectivity index (χ1) is 12.3. The summed E-state index contributed by atoms with van der Waals surface area (Å²) in [6.45, 7) is 3.49. The Morgan fingerprint density at radius 3 is 1.62 bits per heavy atom. The van der Waals surface area contributed by atoms with E-state index in [9.17, 15) is 19.2 Å². The van der Waals surface area contributed by atoms with Crippen LogP contribution in [0.2, 0.25) is 0 Å². The minimum atomic E-state index is -0.672. The van der Waals surface area contributed by atoms with Crippen LogP contribution in [0.4, 0.5) is 0 Å². The summed E-state index contributed by atoms with van der Waals surface area (Å²) in [5, 5.41) is 0. The maximum absolute atomic E-state index is 12.8. The highest BCUT2D eigenvalue weighted by atomic mass is 16.6. The number of carbonyl (C=O) groups is 4. The van der Waals surface area contributed by atoms with Crippen molar-refractivity contribution in [1.82, 2.24) is 0 Å². The van der Waals surface area contributed by atoms with Gasteiger partial charge in [0.05, 0.1) is 5.56 Å². The van der Waals surface area contributed by atoms with Gasteiger partial charge < -0.3 is 14.2 Å². The molecule has 0 N–H and O–H groups in total. The van der Waals surface area contributed by atoms with E-state index in [1.807, 2.05) is 0 Å². The summed E-state index contributed by atoms with van der Waals surface area (Å²) in [5.41, 5.74) is 0.327. The lowest BCUT2D eigenvalue weighted by molar-refractivity contribution is -0.134. The van der Waals surface area contributed by atoms with Crippen LogP contribution in [0.5, 0.6) is 17.2 Å². The minimum Gasteiger partial charge on any atom is -0.426 e. The van der Waals surface area contributed by atoms with Crippen LogP contribution < -0.4 is 14.2 Å². The molecule has 0 aliphatic carbocycles. The molecule has 0 fully saturated rings. The third-order valence-corrected chi connectivity index (χ3v) is 3.09. The van der Waals surface area contributed by atoms with Gasteiger partial charge in [-0.1, -0.05) is 30.3 Å². The molecule has 0 spiro atoms. The molecule has 0 saturated carbocycles. The van der Waals surface area contributed by atoms with Crippen molar-refractivity contribution >= 4 is 23.7 Å². The van der Waals surface area contributed by atoms with Gasteiger partial charge in [0.2, 0.25) is 0 Å². The molecular weight excluding hydrogens is 340 g/mol. The van der Waals surface area contributed by atoms with Crippen molar-refractivity contribution in [2.24, 2.45) is 0 Å². The van der Waals surface area contributed by atoms with E-state index < -0.39 is 23.7 Å². The number of carbonyl (C=O) groups excluding carboxylic acids is 4. The van der Waals surface area contributed by atoms with Crippen LogP contribution in [0.15, 0.2) is 42.5 Å². The summed E-state index contributed by atoms with van der Waals surface area (Å²) < 4.78 is 15.1. The molecule has 2 aromatic rings. The molecule has 0 radical (unpaired) electrons. The minimum absolute atomic E-state index is 0.0152. The van der Waals surface area contributed by atoms with Crippen LogP contribution in [-0.4, -0.2) is 23.7 Å². The van der Waals surface area contributed by atoms with Crippen LogP contribution >= 0.6 is 0 Å². The van der Waals surface area contributed by atoms with Crippen LogP contribution in [0, 0.1) is 0 Å². The fourth-order valence-corrected chi connectivity index (χ4v) is 2.17. The molecule has 134 valence electrons. The molecule has 2 aromatic carbocycles. The molecular formula is C19H16O7. The summed E-state index contributed by atoms with van der Waals surface area (Å²) in [4.78, 5) is 46.8. The summed E-state index contributed by atoms with van der Waals surface area (Å²) in [5.74, 6) is -2.85. The van der Waals surface area contributed by atoms with Gasteiger partial charge in [-0.15, -0.1) is 0 Å². The Morgan fingerprint density at radius 2 is 1.12 bits per heavy atom. The molecule has 2 rings (SSSR count). The third-order valence-electron chi connectivity index (χ3n) is 3.09. The smallest absolute Gasteiger partial charge is 0.308 e. The van der Waals surface area contributed by atoms with E-state index in [4.69, 9.17) is 14.2 Å². The van der Waals surface area contributed by atoms with E-state index in [0.29, 0.717) is 5.56 Å². The average Bonchev–Trinajstić information content (AvgIpc) is 2.56. The first-order valence-corrected chi connectivity index (χ1v) is 7.61. The lowest BCUT2D eigenvalue weighted by atomic mass is 10.0. The molecule has 0 heterocycles. The molecule has 0 unspecified atom stereocenters. The van der Waals surface area contributed by atoms with Crippen LogP contribution in [0.1, 0.15) is 36.7 Å². The second-order valence-electron chi connectivity index (χ2n) is 5.27. The Morgan fingerprint density at radius 1 is 0.654 bits per heavy atom. The predicted molar refractivity (Wildman–Crippen MR) is 90.2 cm³/mol. The molecule has 0 aromatic heterocycles. The maximum atomic E-state index is 12.8. The molecule has 7 heteroatoms. The molecule has 7 nitrogen and oxygen atoms in total. The van der Waals surface area contributed by atoms with Gasteiger partial charge in [-0.05, 0) is 6.07 Å². The first kappa shape index (κ1) is 18.9. The van der Waals surface area contributed by atoms with E-state index in [2.05, 4.69) is 0 Å². The molecule has 26 heavy (non-hydrogen) atoms. The Bertz CT molecular complexity index is 869. The van der Waals surface area contributed by atoms with Gasteiger partial charge in [0.1, 0.15) is 5.75 Å². The highest BCUT2D eigenvalue weighted by molar-refractivity contribution is 6.11. The largest absolute Gasteiger partial charge is 0.426 e. The lowest BCUT2D eigenvalue weighted by Crippen LogP contribution is -2.12. The summed E-state index contributed by atoms with van der Waals surface area (Å²) in [6.07, 6.45) is 0.